The van der Waals surface area contributed by atoms with E-state index in [9.17, 15) is 4.79 Å². The van der Waals surface area contributed by atoms with E-state index in [4.69, 9.17) is 4.74 Å². The van der Waals surface area contributed by atoms with Gasteiger partial charge in [-0.25, -0.2) is 0 Å². The largest absolute Gasteiger partial charge is 0.480 e. The first-order valence-corrected chi connectivity index (χ1v) is 7.56. The van der Waals surface area contributed by atoms with E-state index in [-0.39, 0.29) is 12.0 Å². The number of carbonyl (C=O) groups excluding carboxylic acids is 1. The molecule has 0 aromatic heterocycles. The van der Waals surface area contributed by atoms with Crippen molar-refractivity contribution in [2.75, 3.05) is 19.6 Å². The van der Waals surface area contributed by atoms with Crippen LogP contribution >= 0.6 is 0 Å². The highest BCUT2D eigenvalue weighted by atomic mass is 16.5. The van der Waals surface area contributed by atoms with Crippen molar-refractivity contribution in [3.8, 4) is 5.75 Å². The lowest BCUT2D eigenvalue weighted by Crippen LogP contribution is -2.39. The van der Waals surface area contributed by atoms with Crippen LogP contribution in [0.5, 0.6) is 5.75 Å². The van der Waals surface area contributed by atoms with Gasteiger partial charge in [-0.05, 0) is 49.9 Å². The van der Waals surface area contributed by atoms with Crippen LogP contribution in [0.2, 0.25) is 0 Å². The summed E-state index contributed by atoms with van der Waals surface area (Å²) in [5.41, 5.74) is 1.13. The van der Waals surface area contributed by atoms with Crippen LogP contribution < -0.4 is 15.4 Å². The molecule has 2 atom stereocenters. The van der Waals surface area contributed by atoms with E-state index >= 15 is 0 Å². The first-order chi connectivity index (χ1) is 9.83. The average molecular weight is 274 g/mol. The maximum Gasteiger partial charge on any atom is 0.261 e. The lowest BCUT2D eigenvalue weighted by Gasteiger charge is -2.22. The fraction of sp³-hybridized carbons (Fsp3) is 0.562. The number of fused-ring (bicyclic) bond motifs is 1. The lowest BCUT2D eigenvalue weighted by molar-refractivity contribution is -0.127. The van der Waals surface area contributed by atoms with E-state index in [0.717, 1.165) is 37.4 Å². The summed E-state index contributed by atoms with van der Waals surface area (Å²) in [6, 6.07) is 7.88. The summed E-state index contributed by atoms with van der Waals surface area (Å²) in [5, 5.41) is 6.42. The Kier molecular flexibility index (Phi) is 4.21. The molecule has 108 valence electrons. The van der Waals surface area contributed by atoms with Crippen LogP contribution in [0.15, 0.2) is 24.3 Å². The van der Waals surface area contributed by atoms with Crippen LogP contribution in [0.25, 0.3) is 0 Å². The van der Waals surface area contributed by atoms with Crippen LogP contribution in [0.4, 0.5) is 0 Å². The van der Waals surface area contributed by atoms with Gasteiger partial charge in [0.2, 0.25) is 0 Å². The monoisotopic (exact) mass is 274 g/mol. The molecule has 4 heteroatoms. The second kappa shape index (κ2) is 6.27. The Labute approximate surface area is 119 Å². The van der Waals surface area contributed by atoms with Gasteiger partial charge in [0.15, 0.2) is 6.10 Å². The normalized spacial score (nSPS) is 24.8. The van der Waals surface area contributed by atoms with Crippen molar-refractivity contribution >= 4 is 5.91 Å². The van der Waals surface area contributed by atoms with Crippen LogP contribution in [-0.4, -0.2) is 31.6 Å². The molecule has 1 saturated heterocycles. The number of benzene rings is 1. The highest BCUT2D eigenvalue weighted by molar-refractivity contribution is 5.82. The predicted octanol–water partition coefficient (Wildman–Crippen LogP) is 1.50. The molecule has 0 bridgehead atoms. The fourth-order valence-corrected chi connectivity index (χ4v) is 3.01. The molecular weight excluding hydrogens is 252 g/mol. The molecule has 2 aliphatic heterocycles. The number of para-hydroxylation sites is 1. The Morgan fingerprint density at radius 2 is 2.30 bits per heavy atom. The fourth-order valence-electron chi connectivity index (χ4n) is 3.01. The summed E-state index contributed by atoms with van der Waals surface area (Å²) >= 11 is 0. The van der Waals surface area contributed by atoms with Crippen molar-refractivity contribution < 1.29 is 9.53 Å². The smallest absolute Gasteiger partial charge is 0.261 e. The maximum atomic E-state index is 12.1. The molecule has 1 amide bonds. The van der Waals surface area contributed by atoms with Crippen molar-refractivity contribution in [1.82, 2.24) is 10.6 Å². The topological polar surface area (TPSA) is 50.4 Å². The SMILES string of the molecule is O=C(NCCC1CCCNC1)C1Cc2ccccc2O1. The molecular formula is C16H22N2O2. The van der Waals surface area contributed by atoms with E-state index in [0.29, 0.717) is 12.3 Å². The number of hydrogen-bond donors (Lipinski definition) is 2. The van der Waals surface area contributed by atoms with Crippen molar-refractivity contribution in [3.63, 3.8) is 0 Å². The van der Waals surface area contributed by atoms with Gasteiger partial charge in [0.05, 0.1) is 0 Å². The van der Waals surface area contributed by atoms with Gasteiger partial charge in [0, 0.05) is 13.0 Å². The number of amides is 1. The Bertz CT molecular complexity index is 444. The minimum Gasteiger partial charge on any atom is -0.480 e. The molecule has 0 saturated carbocycles. The second-order valence-corrected chi connectivity index (χ2v) is 5.71. The van der Waals surface area contributed by atoms with E-state index in [2.05, 4.69) is 10.6 Å². The molecule has 2 aliphatic rings. The molecule has 0 radical (unpaired) electrons. The number of hydrogen-bond acceptors (Lipinski definition) is 3. The van der Waals surface area contributed by atoms with Gasteiger partial charge in [-0.15, -0.1) is 0 Å². The molecule has 4 nitrogen and oxygen atoms in total. The molecule has 1 fully saturated rings. The highest BCUT2D eigenvalue weighted by Gasteiger charge is 2.28. The second-order valence-electron chi connectivity index (χ2n) is 5.71. The standard InChI is InChI=1S/C16H22N2O2/c19-16(18-9-7-12-4-3-8-17-11-12)15-10-13-5-1-2-6-14(13)20-15/h1-2,5-6,12,15,17H,3-4,7-11H2,(H,18,19). The van der Waals surface area contributed by atoms with Crippen molar-refractivity contribution in [3.05, 3.63) is 29.8 Å². The first kappa shape index (κ1) is 13.4. The average Bonchev–Trinajstić information content (AvgIpc) is 2.92. The van der Waals surface area contributed by atoms with Crippen LogP contribution in [0.3, 0.4) is 0 Å². The summed E-state index contributed by atoms with van der Waals surface area (Å²) in [6.07, 6.45) is 3.91. The molecule has 2 N–H and O–H groups in total. The number of ether oxygens (including phenoxy) is 1. The zero-order valence-corrected chi connectivity index (χ0v) is 11.7. The third kappa shape index (κ3) is 3.12. The molecule has 1 aromatic carbocycles. The summed E-state index contributed by atoms with van der Waals surface area (Å²) < 4.78 is 5.69. The summed E-state index contributed by atoms with van der Waals surface area (Å²) in [7, 11) is 0. The van der Waals surface area contributed by atoms with Gasteiger partial charge in [-0.3, -0.25) is 4.79 Å². The van der Waals surface area contributed by atoms with Gasteiger partial charge in [0.1, 0.15) is 5.75 Å². The van der Waals surface area contributed by atoms with Crippen molar-refractivity contribution in [1.29, 1.82) is 0 Å². The third-order valence-electron chi connectivity index (χ3n) is 4.19. The molecule has 2 heterocycles. The Balaban J connectivity index is 1.42. The van der Waals surface area contributed by atoms with Crippen LogP contribution in [0, 0.1) is 5.92 Å². The van der Waals surface area contributed by atoms with Gasteiger partial charge in [-0.2, -0.15) is 0 Å². The lowest BCUT2D eigenvalue weighted by atomic mass is 9.96. The first-order valence-electron chi connectivity index (χ1n) is 7.56. The van der Waals surface area contributed by atoms with E-state index < -0.39 is 0 Å². The number of nitrogens with one attached hydrogen (secondary N) is 2. The summed E-state index contributed by atoms with van der Waals surface area (Å²) in [6.45, 7) is 2.97. The molecule has 2 unspecified atom stereocenters. The highest BCUT2D eigenvalue weighted by Crippen LogP contribution is 2.28. The van der Waals surface area contributed by atoms with Crippen LogP contribution in [-0.2, 0) is 11.2 Å². The Hall–Kier alpha value is -1.55. The molecule has 1 aromatic rings. The van der Waals surface area contributed by atoms with Gasteiger partial charge in [0.25, 0.3) is 5.91 Å². The quantitative estimate of drug-likeness (QED) is 0.875. The zero-order valence-electron chi connectivity index (χ0n) is 11.7. The minimum absolute atomic E-state index is 0.0185. The number of carbonyl (C=O) groups is 1. The molecule has 0 spiro atoms. The Morgan fingerprint density at radius 1 is 1.40 bits per heavy atom. The third-order valence-corrected chi connectivity index (χ3v) is 4.19. The molecule has 3 rings (SSSR count). The van der Waals surface area contributed by atoms with Crippen molar-refractivity contribution in [2.45, 2.75) is 31.8 Å². The van der Waals surface area contributed by atoms with Gasteiger partial charge in [-0.1, -0.05) is 18.2 Å². The van der Waals surface area contributed by atoms with Gasteiger partial charge < -0.3 is 15.4 Å². The van der Waals surface area contributed by atoms with Crippen LogP contribution in [0.1, 0.15) is 24.8 Å². The molecule has 0 aliphatic carbocycles. The summed E-state index contributed by atoms with van der Waals surface area (Å²) in [5.74, 6) is 1.57. The van der Waals surface area contributed by atoms with E-state index in [1.165, 1.54) is 12.8 Å². The zero-order chi connectivity index (χ0) is 13.8. The number of piperidine rings is 1. The Morgan fingerprint density at radius 3 is 3.10 bits per heavy atom. The van der Waals surface area contributed by atoms with E-state index in [1.54, 1.807) is 0 Å². The summed E-state index contributed by atoms with van der Waals surface area (Å²) in [4.78, 5) is 12.1. The number of rotatable bonds is 4. The van der Waals surface area contributed by atoms with E-state index in [1.807, 2.05) is 24.3 Å². The minimum atomic E-state index is -0.350. The van der Waals surface area contributed by atoms with Crippen molar-refractivity contribution in [2.24, 2.45) is 5.92 Å². The van der Waals surface area contributed by atoms with Gasteiger partial charge >= 0.3 is 0 Å². The maximum absolute atomic E-state index is 12.1. The molecule has 20 heavy (non-hydrogen) atoms. The predicted molar refractivity (Wildman–Crippen MR) is 77.8 cm³/mol.